The Morgan fingerprint density at radius 1 is 0.935 bits per heavy atom. The summed E-state index contributed by atoms with van der Waals surface area (Å²) >= 11 is 6.09. The van der Waals surface area contributed by atoms with Crippen molar-refractivity contribution in [1.29, 1.82) is 0 Å². The smallest absolute Gasteiger partial charge is 0.291 e. The fourth-order valence-electron chi connectivity index (χ4n) is 3.17. The summed E-state index contributed by atoms with van der Waals surface area (Å²) in [6, 6.07) is 19.2. The highest BCUT2D eigenvalue weighted by Gasteiger charge is 2.14. The van der Waals surface area contributed by atoms with Crippen molar-refractivity contribution >= 4 is 45.8 Å². The molecule has 0 unspecified atom stereocenters. The molecular weight excluding hydrogens is 416 g/mol. The van der Waals surface area contributed by atoms with Crippen molar-refractivity contribution < 1.29 is 18.7 Å². The van der Waals surface area contributed by atoms with Gasteiger partial charge >= 0.3 is 0 Å². The number of amides is 2. The summed E-state index contributed by atoms with van der Waals surface area (Å²) in [5.74, 6) is 0.0833. The molecule has 2 N–H and O–H groups in total. The molecule has 1 aromatic heterocycles. The molecule has 3 aromatic carbocycles. The molecule has 4 aromatic rings. The van der Waals surface area contributed by atoms with Gasteiger partial charge in [-0.1, -0.05) is 29.8 Å². The number of aryl methyl sites for hydroxylation is 1. The molecule has 0 atom stereocenters. The highest BCUT2D eigenvalue weighted by Crippen LogP contribution is 2.26. The monoisotopic (exact) mass is 434 g/mol. The van der Waals surface area contributed by atoms with Crippen LogP contribution < -0.4 is 15.4 Å². The van der Waals surface area contributed by atoms with Crippen LogP contribution in [0.5, 0.6) is 5.75 Å². The molecule has 7 heteroatoms. The third kappa shape index (κ3) is 4.39. The number of anilines is 2. The van der Waals surface area contributed by atoms with E-state index in [1.165, 1.54) is 7.11 Å². The predicted molar refractivity (Wildman–Crippen MR) is 121 cm³/mol. The lowest BCUT2D eigenvalue weighted by Crippen LogP contribution is -2.14. The number of rotatable bonds is 5. The van der Waals surface area contributed by atoms with E-state index in [1.807, 2.05) is 31.2 Å². The Balaban J connectivity index is 1.46. The fourth-order valence-corrected chi connectivity index (χ4v) is 3.43. The van der Waals surface area contributed by atoms with Gasteiger partial charge in [0.1, 0.15) is 11.3 Å². The number of carbonyl (C=O) groups is 2. The van der Waals surface area contributed by atoms with E-state index in [4.69, 9.17) is 20.8 Å². The van der Waals surface area contributed by atoms with E-state index in [2.05, 4.69) is 10.6 Å². The van der Waals surface area contributed by atoms with Crippen LogP contribution in [0.15, 0.2) is 71.1 Å². The molecule has 31 heavy (non-hydrogen) atoms. The predicted octanol–water partition coefficient (Wildman–Crippen LogP) is 5.91. The molecule has 2 amide bonds. The third-order valence-electron chi connectivity index (χ3n) is 4.80. The van der Waals surface area contributed by atoms with Crippen LogP contribution in [0.3, 0.4) is 0 Å². The molecule has 0 bridgehead atoms. The van der Waals surface area contributed by atoms with Crippen molar-refractivity contribution in [2.24, 2.45) is 0 Å². The van der Waals surface area contributed by atoms with Crippen LogP contribution in [0.4, 0.5) is 11.4 Å². The number of carbonyl (C=O) groups excluding carboxylic acids is 2. The molecule has 0 saturated carbocycles. The minimum Gasteiger partial charge on any atom is -0.495 e. The Hall–Kier alpha value is -3.77. The first kappa shape index (κ1) is 20.5. The van der Waals surface area contributed by atoms with E-state index in [0.717, 1.165) is 10.9 Å². The molecule has 0 aliphatic rings. The van der Waals surface area contributed by atoms with Gasteiger partial charge < -0.3 is 19.8 Å². The van der Waals surface area contributed by atoms with Crippen molar-refractivity contribution in [2.45, 2.75) is 6.92 Å². The van der Waals surface area contributed by atoms with Crippen molar-refractivity contribution in [1.82, 2.24) is 0 Å². The fraction of sp³-hybridized carbons (Fsp3) is 0.0833. The number of halogens is 1. The largest absolute Gasteiger partial charge is 0.495 e. The summed E-state index contributed by atoms with van der Waals surface area (Å²) in [4.78, 5) is 25.1. The Bertz CT molecular complexity index is 1260. The number of fused-ring (bicyclic) bond motifs is 1. The Labute approximate surface area is 183 Å². The van der Waals surface area contributed by atoms with Crippen LogP contribution in [0, 0.1) is 6.92 Å². The number of nitrogens with one attached hydrogen (secondary N) is 2. The van der Waals surface area contributed by atoms with Gasteiger partial charge in [-0.25, -0.2) is 0 Å². The zero-order valence-electron chi connectivity index (χ0n) is 16.9. The number of hydrogen-bond donors (Lipinski definition) is 2. The van der Waals surface area contributed by atoms with Crippen LogP contribution in [0.25, 0.3) is 11.0 Å². The Morgan fingerprint density at radius 2 is 1.74 bits per heavy atom. The lowest BCUT2D eigenvalue weighted by atomic mass is 10.1. The summed E-state index contributed by atoms with van der Waals surface area (Å²) in [7, 11) is 1.51. The highest BCUT2D eigenvalue weighted by molar-refractivity contribution is 6.32. The van der Waals surface area contributed by atoms with Crippen molar-refractivity contribution in [2.75, 3.05) is 17.7 Å². The third-order valence-corrected chi connectivity index (χ3v) is 5.09. The van der Waals surface area contributed by atoms with E-state index >= 15 is 0 Å². The summed E-state index contributed by atoms with van der Waals surface area (Å²) in [6.07, 6.45) is 0. The molecule has 0 spiro atoms. The van der Waals surface area contributed by atoms with Gasteiger partial charge in [0.2, 0.25) is 0 Å². The van der Waals surface area contributed by atoms with E-state index < -0.39 is 0 Å². The summed E-state index contributed by atoms with van der Waals surface area (Å²) in [5.41, 5.74) is 3.06. The van der Waals surface area contributed by atoms with E-state index in [1.54, 1.807) is 42.5 Å². The van der Waals surface area contributed by atoms with E-state index in [9.17, 15) is 9.59 Å². The van der Waals surface area contributed by atoms with Gasteiger partial charge in [-0.15, -0.1) is 0 Å². The highest BCUT2D eigenvalue weighted by atomic mass is 35.5. The average molecular weight is 435 g/mol. The van der Waals surface area contributed by atoms with Crippen LogP contribution in [-0.4, -0.2) is 18.9 Å². The summed E-state index contributed by atoms with van der Waals surface area (Å²) in [5, 5.41) is 6.89. The van der Waals surface area contributed by atoms with Gasteiger partial charge in [-0.05, 0) is 61.0 Å². The quantitative estimate of drug-likeness (QED) is 0.409. The Morgan fingerprint density at radius 3 is 2.45 bits per heavy atom. The first-order valence-electron chi connectivity index (χ1n) is 9.50. The maximum atomic E-state index is 12.6. The molecule has 0 aliphatic carbocycles. The van der Waals surface area contributed by atoms with Crippen LogP contribution in [0.1, 0.15) is 26.5 Å². The van der Waals surface area contributed by atoms with E-state index in [0.29, 0.717) is 33.3 Å². The molecule has 0 fully saturated rings. The first-order valence-corrected chi connectivity index (χ1v) is 9.88. The van der Waals surface area contributed by atoms with Gasteiger partial charge in [0.25, 0.3) is 11.8 Å². The van der Waals surface area contributed by atoms with Gasteiger partial charge in [-0.3, -0.25) is 9.59 Å². The number of methoxy groups -OCH3 is 1. The Kier molecular flexibility index (Phi) is 5.64. The number of ether oxygens (including phenoxy) is 1. The number of hydrogen-bond acceptors (Lipinski definition) is 4. The summed E-state index contributed by atoms with van der Waals surface area (Å²) in [6.45, 7) is 1.84. The minimum atomic E-state index is -0.344. The molecule has 0 radical (unpaired) electrons. The molecule has 0 saturated heterocycles. The van der Waals surface area contributed by atoms with E-state index in [-0.39, 0.29) is 17.6 Å². The molecule has 6 nitrogen and oxygen atoms in total. The van der Waals surface area contributed by atoms with Crippen LogP contribution in [0.2, 0.25) is 5.02 Å². The second kappa shape index (κ2) is 8.53. The number of benzene rings is 3. The lowest BCUT2D eigenvalue weighted by molar-refractivity contribution is 0.0996. The van der Waals surface area contributed by atoms with Crippen molar-refractivity contribution in [3.63, 3.8) is 0 Å². The second-order valence-electron chi connectivity index (χ2n) is 6.94. The lowest BCUT2D eigenvalue weighted by Gasteiger charge is -2.11. The zero-order chi connectivity index (χ0) is 22.0. The molecule has 0 aliphatic heterocycles. The SMILES string of the molecule is COc1ccc(C(=O)Nc2ccc(NC(=O)c3cc4ccccc4o3)c(C)c2)cc1Cl. The molecule has 156 valence electrons. The van der Waals surface area contributed by atoms with Gasteiger partial charge in [0.15, 0.2) is 5.76 Å². The van der Waals surface area contributed by atoms with Crippen LogP contribution in [-0.2, 0) is 0 Å². The summed E-state index contributed by atoms with van der Waals surface area (Å²) < 4.78 is 10.7. The first-order chi connectivity index (χ1) is 14.9. The maximum absolute atomic E-state index is 12.6. The topological polar surface area (TPSA) is 80.6 Å². The average Bonchev–Trinajstić information content (AvgIpc) is 3.20. The van der Waals surface area contributed by atoms with Gasteiger partial charge in [0, 0.05) is 22.3 Å². The normalized spacial score (nSPS) is 10.7. The van der Waals surface area contributed by atoms with Crippen LogP contribution >= 0.6 is 11.6 Å². The standard InChI is InChI=1S/C24H19ClN2O4/c1-14-11-17(26-23(28)16-7-10-21(30-2)18(25)12-16)8-9-19(14)27-24(29)22-13-15-5-3-4-6-20(15)31-22/h3-13H,1-2H3,(H,26,28)(H,27,29). The molecule has 4 rings (SSSR count). The number of para-hydroxylation sites is 1. The minimum absolute atomic E-state index is 0.231. The molecular formula is C24H19ClN2O4. The second-order valence-corrected chi connectivity index (χ2v) is 7.34. The maximum Gasteiger partial charge on any atom is 0.291 e. The molecule has 1 heterocycles. The van der Waals surface area contributed by atoms with Crippen molar-refractivity contribution in [3.8, 4) is 5.75 Å². The van der Waals surface area contributed by atoms with Gasteiger partial charge in [0.05, 0.1) is 12.1 Å². The number of furan rings is 1. The zero-order valence-corrected chi connectivity index (χ0v) is 17.6. The van der Waals surface area contributed by atoms with Crippen molar-refractivity contribution in [3.05, 3.63) is 88.6 Å². The van der Waals surface area contributed by atoms with Gasteiger partial charge in [-0.2, -0.15) is 0 Å².